The first-order valence-electron chi connectivity index (χ1n) is 9.62. The fraction of sp³-hybridized carbons (Fsp3) is 0.273. The number of ether oxygens (including phenoxy) is 1. The topological polar surface area (TPSA) is 63.5 Å². The molecule has 0 saturated carbocycles. The van der Waals surface area contributed by atoms with E-state index >= 15 is 0 Å². The van der Waals surface area contributed by atoms with Gasteiger partial charge in [-0.25, -0.2) is 9.37 Å². The molecular weight excluding hydrogens is 496 g/mol. The van der Waals surface area contributed by atoms with Crippen molar-refractivity contribution in [3.63, 3.8) is 0 Å². The minimum Gasteiger partial charge on any atom is -0.488 e. The zero-order chi connectivity index (χ0) is 20.2. The van der Waals surface area contributed by atoms with Gasteiger partial charge in [-0.05, 0) is 36.2 Å². The van der Waals surface area contributed by atoms with Gasteiger partial charge in [0.1, 0.15) is 23.5 Å². The molecule has 30 heavy (non-hydrogen) atoms. The van der Waals surface area contributed by atoms with E-state index in [9.17, 15) is 4.39 Å². The summed E-state index contributed by atoms with van der Waals surface area (Å²) in [5.74, 6) is 2.06. The molecule has 6 nitrogen and oxygen atoms in total. The second-order valence-electron chi connectivity index (χ2n) is 6.99. The van der Waals surface area contributed by atoms with Gasteiger partial charge in [0.15, 0.2) is 5.96 Å². The quantitative estimate of drug-likeness (QED) is 0.306. The first-order chi connectivity index (χ1) is 14.1. The number of guanidine groups is 1. The maximum atomic E-state index is 14.5. The summed E-state index contributed by atoms with van der Waals surface area (Å²) in [5, 5.41) is 6.50. The number of aryl methyl sites for hydroxylation is 1. The Morgan fingerprint density at radius 1 is 1.27 bits per heavy atom. The molecule has 1 aliphatic heterocycles. The molecule has 0 aliphatic carbocycles. The molecule has 0 saturated heterocycles. The molecular formula is C22H25FIN5O. The number of para-hydroxylation sites is 1. The second kappa shape index (κ2) is 9.92. The van der Waals surface area contributed by atoms with Crippen LogP contribution in [0.15, 0.2) is 59.9 Å². The summed E-state index contributed by atoms with van der Waals surface area (Å²) in [5.41, 5.74) is 2.55. The number of aromatic nitrogens is 2. The Morgan fingerprint density at radius 2 is 2.10 bits per heavy atom. The van der Waals surface area contributed by atoms with Crippen LogP contribution in [0.5, 0.6) is 5.75 Å². The Kier molecular flexibility index (Phi) is 7.30. The Hall–Kier alpha value is -2.62. The van der Waals surface area contributed by atoms with Gasteiger partial charge in [-0.15, -0.1) is 24.0 Å². The van der Waals surface area contributed by atoms with E-state index in [2.05, 4.69) is 26.7 Å². The van der Waals surface area contributed by atoms with Gasteiger partial charge in [-0.3, -0.25) is 4.99 Å². The SMILES string of the molecule is CN=C(NCc1ccc(-n2ccnc2C)c(F)c1)NCC1Cc2ccccc2O1.I. The fourth-order valence-corrected chi connectivity index (χ4v) is 3.47. The molecule has 1 aromatic heterocycles. The van der Waals surface area contributed by atoms with Crippen molar-refractivity contribution in [2.24, 2.45) is 4.99 Å². The van der Waals surface area contributed by atoms with Crippen molar-refractivity contribution >= 4 is 29.9 Å². The predicted molar refractivity (Wildman–Crippen MR) is 126 cm³/mol. The van der Waals surface area contributed by atoms with Gasteiger partial charge in [0.2, 0.25) is 0 Å². The average Bonchev–Trinajstić information content (AvgIpc) is 3.34. The molecule has 0 amide bonds. The maximum Gasteiger partial charge on any atom is 0.191 e. The number of nitrogens with zero attached hydrogens (tertiary/aromatic N) is 3. The van der Waals surface area contributed by atoms with Crippen molar-refractivity contribution in [1.29, 1.82) is 0 Å². The van der Waals surface area contributed by atoms with Crippen LogP contribution in [0.2, 0.25) is 0 Å². The number of hydrogen-bond acceptors (Lipinski definition) is 3. The van der Waals surface area contributed by atoms with Crippen molar-refractivity contribution in [3.05, 3.63) is 77.6 Å². The Balaban J connectivity index is 0.00000256. The van der Waals surface area contributed by atoms with Gasteiger partial charge in [0.25, 0.3) is 0 Å². The Labute approximate surface area is 192 Å². The number of rotatable bonds is 5. The molecule has 2 heterocycles. The molecule has 1 atom stereocenters. The molecule has 2 N–H and O–H groups in total. The van der Waals surface area contributed by atoms with Crippen LogP contribution in [0.4, 0.5) is 4.39 Å². The zero-order valence-electron chi connectivity index (χ0n) is 16.9. The molecule has 0 fully saturated rings. The predicted octanol–water partition coefficient (Wildman–Crippen LogP) is 3.61. The molecule has 158 valence electrons. The van der Waals surface area contributed by atoms with Crippen LogP contribution in [0.1, 0.15) is 17.0 Å². The van der Waals surface area contributed by atoms with E-state index in [1.54, 1.807) is 30.1 Å². The van der Waals surface area contributed by atoms with Crippen molar-refractivity contribution < 1.29 is 9.13 Å². The van der Waals surface area contributed by atoms with Crippen LogP contribution < -0.4 is 15.4 Å². The standard InChI is InChI=1S/C22H24FN5O.HI/c1-15-25-9-10-28(15)20-8-7-16(11-19(20)23)13-26-22(24-2)27-14-18-12-17-5-3-4-6-21(17)29-18;/h3-11,18H,12-14H2,1-2H3,(H2,24,26,27);1H. The number of halogens is 2. The smallest absolute Gasteiger partial charge is 0.191 e. The van der Waals surface area contributed by atoms with Crippen LogP contribution in [0.3, 0.4) is 0 Å². The minimum absolute atomic E-state index is 0. The normalized spacial score (nSPS) is 15.2. The van der Waals surface area contributed by atoms with Crippen molar-refractivity contribution in [3.8, 4) is 11.4 Å². The zero-order valence-corrected chi connectivity index (χ0v) is 19.3. The van der Waals surface area contributed by atoms with Gasteiger partial charge in [-0.1, -0.05) is 24.3 Å². The first-order valence-corrected chi connectivity index (χ1v) is 9.62. The van der Waals surface area contributed by atoms with Crippen molar-refractivity contribution in [2.75, 3.05) is 13.6 Å². The van der Waals surface area contributed by atoms with E-state index in [1.165, 1.54) is 11.6 Å². The molecule has 1 unspecified atom stereocenters. The van der Waals surface area contributed by atoms with E-state index in [0.717, 1.165) is 23.6 Å². The van der Waals surface area contributed by atoms with Crippen LogP contribution in [-0.4, -0.2) is 35.2 Å². The average molecular weight is 521 g/mol. The summed E-state index contributed by atoms with van der Waals surface area (Å²) in [6.45, 7) is 2.95. The largest absolute Gasteiger partial charge is 0.488 e. The summed E-state index contributed by atoms with van der Waals surface area (Å²) >= 11 is 0. The third kappa shape index (κ3) is 4.92. The summed E-state index contributed by atoms with van der Waals surface area (Å²) in [6.07, 6.45) is 4.36. The van der Waals surface area contributed by atoms with Crippen molar-refractivity contribution in [1.82, 2.24) is 20.2 Å². The van der Waals surface area contributed by atoms with Crippen LogP contribution in [-0.2, 0) is 13.0 Å². The van der Waals surface area contributed by atoms with E-state index in [-0.39, 0.29) is 35.9 Å². The Bertz CT molecular complexity index is 1010. The summed E-state index contributed by atoms with van der Waals surface area (Å²) in [6, 6.07) is 13.3. The summed E-state index contributed by atoms with van der Waals surface area (Å²) in [4.78, 5) is 8.38. The molecule has 3 aromatic rings. The van der Waals surface area contributed by atoms with E-state index < -0.39 is 0 Å². The molecule has 0 spiro atoms. The first kappa shape index (κ1) is 22.1. The lowest BCUT2D eigenvalue weighted by Gasteiger charge is -2.16. The van der Waals surface area contributed by atoms with E-state index in [4.69, 9.17) is 4.74 Å². The van der Waals surface area contributed by atoms with Gasteiger partial charge in [-0.2, -0.15) is 0 Å². The van der Waals surface area contributed by atoms with Gasteiger partial charge in [0, 0.05) is 32.4 Å². The highest BCUT2D eigenvalue weighted by molar-refractivity contribution is 14.0. The van der Waals surface area contributed by atoms with Crippen LogP contribution in [0, 0.1) is 12.7 Å². The van der Waals surface area contributed by atoms with Crippen molar-refractivity contribution in [2.45, 2.75) is 26.0 Å². The number of fused-ring (bicyclic) bond motifs is 1. The number of nitrogens with one attached hydrogen (secondary N) is 2. The highest BCUT2D eigenvalue weighted by Crippen LogP contribution is 2.27. The van der Waals surface area contributed by atoms with Crippen LogP contribution >= 0.6 is 24.0 Å². The number of hydrogen-bond donors (Lipinski definition) is 2. The molecule has 4 rings (SSSR count). The lowest BCUT2D eigenvalue weighted by atomic mass is 10.1. The Morgan fingerprint density at radius 3 is 2.80 bits per heavy atom. The highest BCUT2D eigenvalue weighted by Gasteiger charge is 2.22. The third-order valence-corrected chi connectivity index (χ3v) is 4.99. The van der Waals surface area contributed by atoms with Gasteiger partial charge in [0.05, 0.1) is 12.2 Å². The molecule has 2 aromatic carbocycles. The highest BCUT2D eigenvalue weighted by atomic mass is 127. The molecule has 0 bridgehead atoms. The van der Waals surface area contributed by atoms with Gasteiger partial charge >= 0.3 is 0 Å². The summed E-state index contributed by atoms with van der Waals surface area (Å²) in [7, 11) is 1.71. The molecule has 8 heteroatoms. The van der Waals surface area contributed by atoms with E-state index in [0.29, 0.717) is 24.7 Å². The number of imidazole rings is 1. The second-order valence-corrected chi connectivity index (χ2v) is 6.99. The minimum atomic E-state index is -0.287. The molecule has 0 radical (unpaired) electrons. The molecule has 1 aliphatic rings. The third-order valence-electron chi connectivity index (χ3n) is 4.99. The number of aliphatic imine (C=N–C) groups is 1. The monoisotopic (exact) mass is 521 g/mol. The maximum absolute atomic E-state index is 14.5. The lowest BCUT2D eigenvalue weighted by Crippen LogP contribution is -2.41. The lowest BCUT2D eigenvalue weighted by molar-refractivity contribution is 0.235. The fourth-order valence-electron chi connectivity index (χ4n) is 3.47. The van der Waals surface area contributed by atoms with E-state index in [1.807, 2.05) is 31.2 Å². The summed E-state index contributed by atoms with van der Waals surface area (Å²) < 4.78 is 22.2. The van der Waals surface area contributed by atoms with Gasteiger partial charge < -0.3 is 19.9 Å². The van der Waals surface area contributed by atoms with Crippen LogP contribution in [0.25, 0.3) is 5.69 Å². The number of benzene rings is 2.